The highest BCUT2D eigenvalue weighted by molar-refractivity contribution is 6.31. The first-order chi connectivity index (χ1) is 9.49. The Morgan fingerprint density at radius 3 is 2.33 bits per heavy atom. The number of carbonyl (C=O) groups is 2. The highest BCUT2D eigenvalue weighted by Gasteiger charge is 2.58. The lowest BCUT2D eigenvalue weighted by Gasteiger charge is -2.28. The lowest BCUT2D eigenvalue weighted by atomic mass is 10.0. The molecule has 0 aliphatic carbocycles. The highest BCUT2D eigenvalue weighted by Crippen LogP contribution is 2.30. The predicted molar refractivity (Wildman–Crippen MR) is 65.7 cm³/mol. The number of hydrogen-bond acceptors (Lipinski definition) is 2. The Labute approximate surface area is 120 Å². The van der Waals surface area contributed by atoms with Gasteiger partial charge in [-0.25, -0.2) is 14.0 Å². The summed E-state index contributed by atoms with van der Waals surface area (Å²) < 4.78 is 51.5. The van der Waals surface area contributed by atoms with E-state index in [-0.39, 0.29) is 11.9 Å². The number of carboxylic acid groups (broad SMARTS) is 1. The third-order valence-electron chi connectivity index (χ3n) is 2.56. The van der Waals surface area contributed by atoms with Crippen molar-refractivity contribution in [1.29, 1.82) is 0 Å². The summed E-state index contributed by atoms with van der Waals surface area (Å²) in [5.74, 6) is -3.37. The van der Waals surface area contributed by atoms with Gasteiger partial charge in [0.1, 0.15) is 0 Å². The van der Waals surface area contributed by atoms with E-state index in [2.05, 4.69) is 0 Å². The number of anilines is 1. The van der Waals surface area contributed by atoms with Gasteiger partial charge in [0.2, 0.25) is 5.54 Å². The largest absolute Gasteiger partial charge is 0.479 e. The molecular formula is C11H9ClF4N2O3. The number of hydrogen-bond donors (Lipinski definition) is 3. The fourth-order valence-electron chi connectivity index (χ4n) is 1.23. The molecule has 0 spiro atoms. The number of rotatable bonds is 3. The van der Waals surface area contributed by atoms with Crippen molar-refractivity contribution in [1.82, 2.24) is 5.32 Å². The monoisotopic (exact) mass is 328 g/mol. The van der Waals surface area contributed by atoms with Crippen molar-refractivity contribution in [2.45, 2.75) is 18.6 Å². The number of urea groups is 1. The lowest BCUT2D eigenvalue weighted by Crippen LogP contribution is -2.62. The van der Waals surface area contributed by atoms with Gasteiger partial charge in [0, 0.05) is 0 Å². The first-order valence-electron chi connectivity index (χ1n) is 5.32. The van der Waals surface area contributed by atoms with E-state index >= 15 is 0 Å². The van der Waals surface area contributed by atoms with Crippen LogP contribution in [-0.4, -0.2) is 28.8 Å². The van der Waals surface area contributed by atoms with Gasteiger partial charge in [0.05, 0.1) is 10.7 Å². The summed E-state index contributed by atoms with van der Waals surface area (Å²) in [6.45, 7) is 0.267. The summed E-state index contributed by atoms with van der Waals surface area (Å²) in [4.78, 5) is 22.2. The zero-order valence-electron chi connectivity index (χ0n) is 10.4. The van der Waals surface area contributed by atoms with Crippen LogP contribution in [0.1, 0.15) is 6.92 Å². The second-order valence-electron chi connectivity index (χ2n) is 4.11. The summed E-state index contributed by atoms with van der Waals surface area (Å²) in [5.41, 5.74) is -4.01. The van der Waals surface area contributed by atoms with E-state index in [0.29, 0.717) is 0 Å². The van der Waals surface area contributed by atoms with Crippen LogP contribution in [0.5, 0.6) is 0 Å². The number of alkyl halides is 3. The maximum atomic E-state index is 13.5. The lowest BCUT2D eigenvalue weighted by molar-refractivity contribution is -0.203. The molecule has 21 heavy (non-hydrogen) atoms. The Bertz CT molecular complexity index is 579. The van der Waals surface area contributed by atoms with Gasteiger partial charge in [-0.2, -0.15) is 13.2 Å². The zero-order chi connectivity index (χ0) is 16.4. The minimum absolute atomic E-state index is 0.267. The minimum atomic E-state index is -5.25. The Morgan fingerprint density at radius 1 is 1.29 bits per heavy atom. The van der Waals surface area contributed by atoms with Gasteiger partial charge < -0.3 is 15.7 Å². The quantitative estimate of drug-likeness (QED) is 0.746. The predicted octanol–water partition coefficient (Wildman–Crippen LogP) is 3.01. The second-order valence-corrected chi connectivity index (χ2v) is 4.52. The van der Waals surface area contributed by atoms with E-state index in [1.807, 2.05) is 0 Å². The number of nitrogens with one attached hydrogen (secondary N) is 2. The molecule has 116 valence electrons. The Morgan fingerprint density at radius 2 is 1.86 bits per heavy atom. The summed E-state index contributed by atoms with van der Waals surface area (Å²) in [5, 5.41) is 11.3. The average molecular weight is 329 g/mol. The Hall–Kier alpha value is -2.03. The van der Waals surface area contributed by atoms with Crippen LogP contribution in [0, 0.1) is 5.82 Å². The van der Waals surface area contributed by atoms with Gasteiger partial charge in [-0.05, 0) is 19.1 Å². The molecule has 1 rings (SSSR count). The fourth-order valence-corrected chi connectivity index (χ4v) is 1.40. The van der Waals surface area contributed by atoms with E-state index in [1.165, 1.54) is 11.4 Å². The van der Waals surface area contributed by atoms with E-state index in [9.17, 15) is 27.2 Å². The molecule has 2 amide bonds. The standard InChI is InChI=1S/C11H9ClF4N2O3/c1-10(8(19)20,11(14,15)16)18-9(21)17-6-4-2-3-5(12)7(6)13/h2-4H,1H3,(H,19,20)(H2,17,18,21). The van der Waals surface area contributed by atoms with Crippen molar-refractivity contribution in [3.05, 3.63) is 29.0 Å². The molecule has 10 heteroatoms. The number of halogens is 5. The molecule has 1 aromatic rings. The first kappa shape index (κ1) is 17.0. The van der Waals surface area contributed by atoms with Crippen LogP contribution < -0.4 is 10.6 Å². The molecule has 0 aliphatic heterocycles. The van der Waals surface area contributed by atoms with Crippen molar-refractivity contribution in [2.75, 3.05) is 5.32 Å². The minimum Gasteiger partial charge on any atom is -0.479 e. The van der Waals surface area contributed by atoms with Gasteiger partial charge >= 0.3 is 18.2 Å². The molecule has 1 atom stereocenters. The van der Waals surface area contributed by atoms with Gasteiger partial charge in [-0.1, -0.05) is 17.7 Å². The van der Waals surface area contributed by atoms with Gasteiger partial charge in [-0.3, -0.25) is 0 Å². The van der Waals surface area contributed by atoms with Gasteiger partial charge in [0.15, 0.2) is 5.82 Å². The molecular weight excluding hydrogens is 320 g/mol. The maximum absolute atomic E-state index is 13.5. The third kappa shape index (κ3) is 3.54. The van der Waals surface area contributed by atoms with Gasteiger partial charge in [-0.15, -0.1) is 0 Å². The first-order valence-corrected chi connectivity index (χ1v) is 5.70. The van der Waals surface area contributed by atoms with Crippen LogP contribution in [0.3, 0.4) is 0 Å². The SMILES string of the molecule is CC(NC(=O)Nc1cccc(Cl)c1F)(C(=O)O)C(F)(F)F. The van der Waals surface area contributed by atoms with Crippen molar-refractivity contribution in [3.8, 4) is 0 Å². The highest BCUT2D eigenvalue weighted by atomic mass is 35.5. The van der Waals surface area contributed by atoms with Crippen molar-refractivity contribution in [2.24, 2.45) is 0 Å². The van der Waals surface area contributed by atoms with Crippen LogP contribution in [0.2, 0.25) is 5.02 Å². The number of benzene rings is 1. The molecule has 0 aromatic heterocycles. The molecule has 0 heterocycles. The third-order valence-corrected chi connectivity index (χ3v) is 2.85. The summed E-state index contributed by atoms with van der Waals surface area (Å²) >= 11 is 5.43. The smallest absolute Gasteiger partial charge is 0.422 e. The molecule has 3 N–H and O–H groups in total. The van der Waals surface area contributed by atoms with Crippen molar-refractivity contribution in [3.63, 3.8) is 0 Å². The van der Waals surface area contributed by atoms with Crippen LogP contribution in [0.25, 0.3) is 0 Å². The molecule has 5 nitrogen and oxygen atoms in total. The molecule has 0 bridgehead atoms. The summed E-state index contributed by atoms with van der Waals surface area (Å²) in [6, 6.07) is 1.92. The zero-order valence-corrected chi connectivity index (χ0v) is 11.1. The molecule has 1 aromatic carbocycles. The number of carboxylic acids is 1. The van der Waals surface area contributed by atoms with Crippen LogP contribution in [0.15, 0.2) is 18.2 Å². The number of amides is 2. The summed E-state index contributed by atoms with van der Waals surface area (Å²) in [7, 11) is 0. The maximum Gasteiger partial charge on any atom is 0.422 e. The van der Waals surface area contributed by atoms with E-state index < -0.39 is 35.2 Å². The van der Waals surface area contributed by atoms with Crippen molar-refractivity contribution >= 4 is 29.3 Å². The molecule has 0 fully saturated rings. The van der Waals surface area contributed by atoms with Crippen molar-refractivity contribution < 1.29 is 32.3 Å². The summed E-state index contributed by atoms with van der Waals surface area (Å²) in [6.07, 6.45) is -5.25. The molecule has 0 saturated carbocycles. The molecule has 0 saturated heterocycles. The number of aliphatic carboxylic acids is 1. The van der Waals surface area contributed by atoms with Crippen LogP contribution in [0.4, 0.5) is 28.0 Å². The van der Waals surface area contributed by atoms with E-state index in [1.54, 1.807) is 5.32 Å². The van der Waals surface area contributed by atoms with Crippen LogP contribution in [-0.2, 0) is 4.79 Å². The van der Waals surface area contributed by atoms with E-state index in [0.717, 1.165) is 12.1 Å². The topological polar surface area (TPSA) is 78.4 Å². The molecule has 0 aliphatic rings. The van der Waals surface area contributed by atoms with Gasteiger partial charge in [0.25, 0.3) is 0 Å². The number of carbonyl (C=O) groups excluding carboxylic acids is 1. The Kier molecular flexibility index (Phi) is 4.67. The second kappa shape index (κ2) is 5.76. The Balaban J connectivity index is 2.95. The average Bonchev–Trinajstić information content (AvgIpc) is 2.33. The van der Waals surface area contributed by atoms with Crippen LogP contribution >= 0.6 is 11.6 Å². The van der Waals surface area contributed by atoms with E-state index in [4.69, 9.17) is 16.7 Å². The fraction of sp³-hybridized carbons (Fsp3) is 0.273. The molecule has 1 unspecified atom stereocenters. The normalized spacial score (nSPS) is 14.2. The molecule has 0 radical (unpaired) electrons.